The molecule has 0 saturated heterocycles. The SMILES string of the molecule is O=C(Cn1c(C(F)(F)F)nc2ccccc21)Oc1ccc(Cl)c2ccccc12. The Kier molecular flexibility index (Phi) is 4.47. The molecule has 0 fully saturated rings. The number of fused-ring (bicyclic) bond motifs is 2. The number of esters is 1. The number of rotatable bonds is 3. The van der Waals surface area contributed by atoms with Crippen LogP contribution < -0.4 is 4.74 Å². The van der Waals surface area contributed by atoms with Crippen LogP contribution in [0.1, 0.15) is 5.82 Å². The van der Waals surface area contributed by atoms with Crippen molar-refractivity contribution >= 4 is 39.4 Å². The third-order valence-electron chi connectivity index (χ3n) is 4.25. The van der Waals surface area contributed by atoms with Crippen LogP contribution in [0.15, 0.2) is 60.7 Å². The van der Waals surface area contributed by atoms with Crippen LogP contribution in [0.4, 0.5) is 13.2 Å². The van der Waals surface area contributed by atoms with Crippen molar-refractivity contribution in [2.24, 2.45) is 0 Å². The molecule has 0 bridgehead atoms. The summed E-state index contributed by atoms with van der Waals surface area (Å²) in [5, 5.41) is 1.75. The lowest BCUT2D eigenvalue weighted by molar-refractivity contribution is -0.148. The molecule has 3 aromatic carbocycles. The smallest absolute Gasteiger partial charge is 0.425 e. The second-order valence-electron chi connectivity index (χ2n) is 6.07. The normalized spacial score (nSPS) is 11.9. The highest BCUT2D eigenvalue weighted by Gasteiger charge is 2.38. The molecule has 8 heteroatoms. The predicted molar refractivity (Wildman–Crippen MR) is 99.3 cm³/mol. The van der Waals surface area contributed by atoms with Gasteiger partial charge in [-0.2, -0.15) is 13.2 Å². The summed E-state index contributed by atoms with van der Waals surface area (Å²) in [4.78, 5) is 16.1. The summed E-state index contributed by atoms with van der Waals surface area (Å²) in [6.45, 7) is -0.633. The van der Waals surface area contributed by atoms with E-state index in [1.165, 1.54) is 18.2 Å². The van der Waals surface area contributed by atoms with Crippen molar-refractivity contribution in [3.8, 4) is 5.75 Å². The highest BCUT2D eigenvalue weighted by molar-refractivity contribution is 6.35. The molecule has 0 aliphatic carbocycles. The van der Waals surface area contributed by atoms with E-state index < -0.39 is 24.5 Å². The van der Waals surface area contributed by atoms with E-state index in [9.17, 15) is 18.0 Å². The Hall–Kier alpha value is -3.06. The van der Waals surface area contributed by atoms with Crippen LogP contribution in [-0.4, -0.2) is 15.5 Å². The topological polar surface area (TPSA) is 44.1 Å². The van der Waals surface area contributed by atoms with Gasteiger partial charge in [-0.25, -0.2) is 9.78 Å². The average Bonchev–Trinajstić information content (AvgIpc) is 3.03. The minimum Gasteiger partial charge on any atom is -0.425 e. The van der Waals surface area contributed by atoms with Gasteiger partial charge in [0.2, 0.25) is 5.82 Å². The lowest BCUT2D eigenvalue weighted by Crippen LogP contribution is -2.22. The van der Waals surface area contributed by atoms with Gasteiger partial charge in [-0.1, -0.05) is 48.0 Å². The summed E-state index contributed by atoms with van der Waals surface area (Å²) in [7, 11) is 0. The van der Waals surface area contributed by atoms with Crippen LogP contribution in [0.3, 0.4) is 0 Å². The predicted octanol–water partition coefficient (Wildman–Crippen LogP) is 5.47. The molecule has 0 spiro atoms. The van der Waals surface area contributed by atoms with Gasteiger partial charge in [0.05, 0.1) is 11.0 Å². The quantitative estimate of drug-likeness (QED) is 0.336. The van der Waals surface area contributed by atoms with E-state index in [0.29, 0.717) is 15.8 Å². The van der Waals surface area contributed by atoms with E-state index in [-0.39, 0.29) is 16.8 Å². The van der Waals surface area contributed by atoms with Gasteiger partial charge in [-0.05, 0) is 24.3 Å². The molecule has 1 heterocycles. The second-order valence-corrected chi connectivity index (χ2v) is 6.48. The number of nitrogens with zero attached hydrogens (tertiary/aromatic N) is 2. The third-order valence-corrected chi connectivity index (χ3v) is 4.58. The molecule has 1 aromatic heterocycles. The molecule has 4 rings (SSSR count). The van der Waals surface area contributed by atoms with E-state index >= 15 is 0 Å². The van der Waals surface area contributed by atoms with Crippen molar-refractivity contribution in [3.05, 3.63) is 71.5 Å². The summed E-state index contributed by atoms with van der Waals surface area (Å²) < 4.78 is 46.3. The second kappa shape index (κ2) is 6.83. The monoisotopic (exact) mass is 404 g/mol. The van der Waals surface area contributed by atoms with Gasteiger partial charge in [0.15, 0.2) is 0 Å². The van der Waals surface area contributed by atoms with E-state index in [2.05, 4.69) is 4.98 Å². The highest BCUT2D eigenvalue weighted by Crippen LogP contribution is 2.33. The van der Waals surface area contributed by atoms with Crippen molar-refractivity contribution < 1.29 is 22.7 Å². The maximum Gasteiger partial charge on any atom is 0.449 e. The standard InChI is InChI=1S/C20H12ClF3N2O2/c21-14-9-10-17(13-6-2-1-5-12(13)14)28-18(27)11-26-16-8-4-3-7-15(16)25-19(26)20(22,23)24/h1-10H,11H2. The lowest BCUT2D eigenvalue weighted by atomic mass is 10.1. The molecular weight excluding hydrogens is 393 g/mol. The van der Waals surface area contributed by atoms with Crippen LogP contribution in [0.2, 0.25) is 5.02 Å². The third kappa shape index (κ3) is 3.29. The molecule has 4 aromatic rings. The summed E-state index contributed by atoms with van der Waals surface area (Å²) in [6.07, 6.45) is -4.70. The average molecular weight is 405 g/mol. The number of ether oxygens (including phenoxy) is 1. The van der Waals surface area contributed by atoms with Crippen LogP contribution in [-0.2, 0) is 17.5 Å². The zero-order chi connectivity index (χ0) is 19.9. The van der Waals surface area contributed by atoms with E-state index in [1.807, 2.05) is 0 Å². The fraction of sp³-hybridized carbons (Fsp3) is 0.100. The zero-order valence-electron chi connectivity index (χ0n) is 14.2. The molecule has 4 nitrogen and oxygen atoms in total. The molecule has 0 aliphatic heterocycles. The lowest BCUT2D eigenvalue weighted by Gasteiger charge is -2.12. The number of carbonyl (C=O) groups is 1. The summed E-state index contributed by atoms with van der Waals surface area (Å²) in [5.41, 5.74) is 0.354. The Labute approximate surface area is 162 Å². The number of halogens is 4. The fourth-order valence-electron chi connectivity index (χ4n) is 3.06. The van der Waals surface area contributed by atoms with Crippen LogP contribution in [0, 0.1) is 0 Å². The van der Waals surface area contributed by atoms with Crippen molar-refractivity contribution in [1.82, 2.24) is 9.55 Å². The molecule has 0 saturated carbocycles. The number of aromatic nitrogens is 2. The van der Waals surface area contributed by atoms with Crippen molar-refractivity contribution in [1.29, 1.82) is 0 Å². The highest BCUT2D eigenvalue weighted by atomic mass is 35.5. The number of hydrogen-bond acceptors (Lipinski definition) is 3. The molecule has 28 heavy (non-hydrogen) atoms. The van der Waals surface area contributed by atoms with Crippen LogP contribution in [0.25, 0.3) is 21.8 Å². The minimum absolute atomic E-state index is 0.152. The first-order chi connectivity index (χ1) is 13.3. The molecular formula is C20H12ClF3N2O2. The molecule has 0 N–H and O–H groups in total. The Balaban J connectivity index is 1.70. The summed E-state index contributed by atoms with van der Waals surface area (Å²) in [6, 6.07) is 16.2. The maximum absolute atomic E-state index is 13.4. The Morgan fingerprint density at radius 3 is 2.43 bits per heavy atom. The molecule has 0 radical (unpaired) electrons. The maximum atomic E-state index is 13.4. The van der Waals surface area contributed by atoms with Gasteiger partial charge >= 0.3 is 12.1 Å². The van der Waals surface area contributed by atoms with E-state index in [4.69, 9.17) is 16.3 Å². The van der Waals surface area contributed by atoms with E-state index in [0.717, 1.165) is 4.57 Å². The van der Waals surface area contributed by atoms with Crippen molar-refractivity contribution in [2.75, 3.05) is 0 Å². The number of para-hydroxylation sites is 2. The summed E-state index contributed by atoms with van der Waals surface area (Å²) in [5.74, 6) is -1.77. The van der Waals surface area contributed by atoms with Gasteiger partial charge in [0.1, 0.15) is 12.3 Å². The Morgan fingerprint density at radius 1 is 1.00 bits per heavy atom. The number of alkyl halides is 3. The number of benzene rings is 3. The zero-order valence-corrected chi connectivity index (χ0v) is 15.0. The van der Waals surface area contributed by atoms with Gasteiger partial charge in [-0.15, -0.1) is 0 Å². The molecule has 0 unspecified atom stereocenters. The number of imidazole rings is 1. The minimum atomic E-state index is -4.70. The van der Waals surface area contributed by atoms with E-state index in [1.54, 1.807) is 42.5 Å². The largest absolute Gasteiger partial charge is 0.449 e. The fourth-order valence-corrected chi connectivity index (χ4v) is 3.29. The first-order valence-corrected chi connectivity index (χ1v) is 8.63. The van der Waals surface area contributed by atoms with Crippen molar-refractivity contribution in [3.63, 3.8) is 0 Å². The first kappa shape index (κ1) is 18.3. The number of hydrogen-bond donors (Lipinski definition) is 0. The van der Waals surface area contributed by atoms with Gasteiger partial charge in [0.25, 0.3) is 0 Å². The Morgan fingerprint density at radius 2 is 1.68 bits per heavy atom. The molecule has 0 amide bonds. The van der Waals surface area contributed by atoms with Gasteiger partial charge < -0.3 is 9.30 Å². The summed E-state index contributed by atoms with van der Waals surface area (Å²) >= 11 is 6.14. The molecule has 0 aliphatic rings. The van der Waals surface area contributed by atoms with Gasteiger partial charge in [-0.3, -0.25) is 0 Å². The first-order valence-electron chi connectivity index (χ1n) is 8.25. The van der Waals surface area contributed by atoms with Crippen molar-refractivity contribution in [2.45, 2.75) is 12.7 Å². The Bertz CT molecular complexity index is 1200. The molecule has 0 atom stereocenters. The van der Waals surface area contributed by atoms with Gasteiger partial charge in [0, 0.05) is 15.8 Å². The number of carbonyl (C=O) groups excluding carboxylic acids is 1. The van der Waals surface area contributed by atoms with Crippen LogP contribution in [0.5, 0.6) is 5.75 Å². The van der Waals surface area contributed by atoms with Crippen LogP contribution >= 0.6 is 11.6 Å². The molecule has 142 valence electrons.